The quantitative estimate of drug-likeness (QED) is 0.156. The third-order valence-corrected chi connectivity index (χ3v) is 7.99. The van der Waals surface area contributed by atoms with Crippen LogP contribution in [0.2, 0.25) is 0 Å². The van der Waals surface area contributed by atoms with Gasteiger partial charge in [-0.2, -0.15) is 5.10 Å². The molecule has 0 amide bonds. The Morgan fingerprint density at radius 1 is 0.878 bits per heavy atom. The van der Waals surface area contributed by atoms with Crippen LogP contribution in [0.15, 0.2) is 131 Å². The molecule has 0 aliphatic carbocycles. The van der Waals surface area contributed by atoms with Gasteiger partial charge in [-0.05, 0) is 79.7 Å². The number of nitrogens with zero attached hydrogens (tertiary/aromatic N) is 2. The Bertz CT molecular complexity index is 1950. The van der Waals surface area contributed by atoms with Crippen LogP contribution in [0, 0.1) is 6.92 Å². The smallest absolute Gasteiger partial charge is 0.261 e. The van der Waals surface area contributed by atoms with E-state index in [1.54, 1.807) is 59.3 Å². The Labute approximate surface area is 237 Å². The van der Waals surface area contributed by atoms with E-state index in [2.05, 4.69) is 4.72 Å². The second kappa shape index (κ2) is 10.7. The molecule has 6 rings (SSSR count). The number of furan rings is 1. The SMILES string of the molecule is Cc1ccc(S(=O)(=O)Nc2ccc(C(=O)C=Cc3cn(-c4ccccc4)nc3-c3cc4ccccc4o3)cc2)cc1. The van der Waals surface area contributed by atoms with Gasteiger partial charge in [0.25, 0.3) is 10.0 Å². The highest BCUT2D eigenvalue weighted by Gasteiger charge is 2.16. The summed E-state index contributed by atoms with van der Waals surface area (Å²) in [5, 5.41) is 5.73. The maximum absolute atomic E-state index is 13.1. The molecule has 0 aliphatic heterocycles. The first-order valence-electron chi connectivity index (χ1n) is 12.9. The number of aryl methyl sites for hydroxylation is 1. The van der Waals surface area contributed by atoms with E-state index < -0.39 is 10.0 Å². The van der Waals surface area contributed by atoms with E-state index in [9.17, 15) is 13.2 Å². The number of benzene rings is 4. The fraction of sp³-hybridized carbons (Fsp3) is 0.0303. The molecule has 0 unspecified atom stereocenters. The maximum atomic E-state index is 13.1. The zero-order valence-electron chi connectivity index (χ0n) is 22.1. The number of carbonyl (C=O) groups is 1. The molecule has 2 aromatic heterocycles. The summed E-state index contributed by atoms with van der Waals surface area (Å²) < 4.78 is 35.8. The highest BCUT2D eigenvalue weighted by atomic mass is 32.2. The van der Waals surface area contributed by atoms with Crippen LogP contribution in [-0.4, -0.2) is 24.0 Å². The first-order chi connectivity index (χ1) is 19.9. The van der Waals surface area contributed by atoms with Crippen molar-refractivity contribution in [3.8, 4) is 17.1 Å². The Morgan fingerprint density at radius 2 is 1.59 bits per heavy atom. The number of para-hydroxylation sites is 2. The van der Waals surface area contributed by atoms with Gasteiger partial charge < -0.3 is 4.42 Å². The zero-order valence-corrected chi connectivity index (χ0v) is 22.9. The van der Waals surface area contributed by atoms with E-state index >= 15 is 0 Å². The molecule has 2 heterocycles. The fourth-order valence-corrected chi connectivity index (χ4v) is 5.47. The number of sulfonamides is 1. The Balaban J connectivity index is 1.25. The number of hydrogen-bond donors (Lipinski definition) is 1. The summed E-state index contributed by atoms with van der Waals surface area (Å²) in [5.41, 5.74) is 4.69. The van der Waals surface area contributed by atoms with Crippen molar-refractivity contribution < 1.29 is 17.6 Å². The van der Waals surface area contributed by atoms with Gasteiger partial charge in [-0.3, -0.25) is 9.52 Å². The van der Waals surface area contributed by atoms with Crippen molar-refractivity contribution in [2.45, 2.75) is 11.8 Å². The van der Waals surface area contributed by atoms with Gasteiger partial charge in [0.1, 0.15) is 11.3 Å². The third-order valence-electron chi connectivity index (χ3n) is 6.59. The maximum Gasteiger partial charge on any atom is 0.261 e. The van der Waals surface area contributed by atoms with Gasteiger partial charge in [0.05, 0.1) is 10.6 Å². The van der Waals surface area contributed by atoms with Crippen LogP contribution in [0.3, 0.4) is 0 Å². The Hall–Kier alpha value is -5.21. The molecule has 7 nitrogen and oxygen atoms in total. The van der Waals surface area contributed by atoms with Gasteiger partial charge in [0.2, 0.25) is 0 Å². The first kappa shape index (κ1) is 26.0. The molecule has 0 bridgehead atoms. The normalized spacial score (nSPS) is 11.7. The summed E-state index contributed by atoms with van der Waals surface area (Å²) in [5.74, 6) is 0.360. The molecule has 0 spiro atoms. The molecule has 0 aliphatic rings. The fourth-order valence-electron chi connectivity index (χ4n) is 4.41. The summed E-state index contributed by atoms with van der Waals surface area (Å²) in [4.78, 5) is 13.2. The molecule has 41 heavy (non-hydrogen) atoms. The van der Waals surface area contributed by atoms with Crippen molar-refractivity contribution in [2.75, 3.05) is 4.72 Å². The van der Waals surface area contributed by atoms with E-state index in [0.717, 1.165) is 22.2 Å². The van der Waals surface area contributed by atoms with Gasteiger partial charge in [0.15, 0.2) is 11.5 Å². The molecule has 0 radical (unpaired) electrons. The lowest BCUT2D eigenvalue weighted by Gasteiger charge is -2.08. The number of ketones is 1. The van der Waals surface area contributed by atoms with Crippen molar-refractivity contribution in [2.24, 2.45) is 0 Å². The van der Waals surface area contributed by atoms with Crippen LogP contribution in [0.25, 0.3) is 34.2 Å². The lowest BCUT2D eigenvalue weighted by atomic mass is 10.1. The monoisotopic (exact) mass is 559 g/mol. The van der Waals surface area contributed by atoms with Crippen LogP contribution in [-0.2, 0) is 10.0 Å². The predicted molar refractivity (Wildman–Crippen MR) is 161 cm³/mol. The minimum Gasteiger partial charge on any atom is -0.454 e. The number of aromatic nitrogens is 2. The summed E-state index contributed by atoms with van der Waals surface area (Å²) in [6, 6.07) is 32.3. The van der Waals surface area contributed by atoms with Crippen molar-refractivity contribution in [1.82, 2.24) is 9.78 Å². The molecular formula is C33H25N3O4S. The van der Waals surface area contributed by atoms with Gasteiger partial charge in [-0.15, -0.1) is 0 Å². The Morgan fingerprint density at radius 3 is 2.32 bits per heavy atom. The number of rotatable bonds is 8. The topological polar surface area (TPSA) is 94.2 Å². The summed E-state index contributed by atoms with van der Waals surface area (Å²) in [7, 11) is -3.74. The lowest BCUT2D eigenvalue weighted by molar-refractivity contribution is 0.104. The minimum absolute atomic E-state index is 0.169. The van der Waals surface area contributed by atoms with Crippen LogP contribution >= 0.6 is 0 Å². The predicted octanol–water partition coefficient (Wildman–Crippen LogP) is 7.29. The average Bonchev–Trinajstić information content (AvgIpc) is 3.61. The van der Waals surface area contributed by atoms with Crippen molar-refractivity contribution in [1.29, 1.82) is 0 Å². The average molecular weight is 560 g/mol. The van der Waals surface area contributed by atoms with E-state index in [0.29, 0.717) is 28.3 Å². The van der Waals surface area contributed by atoms with E-state index in [1.807, 2.05) is 73.8 Å². The second-order valence-corrected chi connectivity index (χ2v) is 11.2. The van der Waals surface area contributed by atoms with Gasteiger partial charge in [-0.25, -0.2) is 13.1 Å². The van der Waals surface area contributed by atoms with E-state index in [-0.39, 0.29) is 10.7 Å². The van der Waals surface area contributed by atoms with Crippen molar-refractivity contribution in [3.05, 3.63) is 138 Å². The van der Waals surface area contributed by atoms with Crippen LogP contribution in [0.1, 0.15) is 21.5 Å². The largest absolute Gasteiger partial charge is 0.454 e. The molecule has 202 valence electrons. The second-order valence-electron chi connectivity index (χ2n) is 9.56. The standard InChI is InChI=1S/C33H25N3O4S/c1-23-11-18-29(19-12-23)41(38,39)35-27-16-13-24(14-17-27)30(37)20-15-26-22-36(28-8-3-2-4-9-28)34-33(26)32-21-25-7-5-6-10-31(25)40-32/h2-22,35H,1H3. The number of anilines is 1. The molecule has 0 fully saturated rings. The van der Waals surface area contributed by atoms with Crippen LogP contribution in [0.5, 0.6) is 0 Å². The number of carbonyl (C=O) groups excluding carboxylic acids is 1. The summed E-state index contributed by atoms with van der Waals surface area (Å²) >= 11 is 0. The summed E-state index contributed by atoms with van der Waals surface area (Å²) in [6.45, 7) is 1.89. The Kier molecular flexibility index (Phi) is 6.83. The van der Waals surface area contributed by atoms with Crippen molar-refractivity contribution >= 4 is 38.5 Å². The molecule has 0 saturated heterocycles. The number of nitrogens with one attached hydrogen (secondary N) is 1. The van der Waals surface area contributed by atoms with Crippen molar-refractivity contribution in [3.63, 3.8) is 0 Å². The number of allylic oxidation sites excluding steroid dienone is 1. The molecule has 1 N–H and O–H groups in total. The van der Waals surface area contributed by atoms with E-state index in [1.165, 1.54) is 6.08 Å². The highest BCUT2D eigenvalue weighted by molar-refractivity contribution is 7.92. The first-order valence-corrected chi connectivity index (χ1v) is 14.4. The highest BCUT2D eigenvalue weighted by Crippen LogP contribution is 2.30. The molecule has 4 aromatic carbocycles. The summed E-state index contributed by atoms with van der Waals surface area (Å²) in [6.07, 6.45) is 5.04. The van der Waals surface area contributed by atoms with Crippen LogP contribution in [0.4, 0.5) is 5.69 Å². The van der Waals surface area contributed by atoms with Gasteiger partial charge in [0, 0.05) is 28.4 Å². The number of fused-ring (bicyclic) bond motifs is 1. The van der Waals surface area contributed by atoms with E-state index in [4.69, 9.17) is 9.52 Å². The minimum atomic E-state index is -3.74. The zero-order chi connectivity index (χ0) is 28.4. The lowest BCUT2D eigenvalue weighted by Crippen LogP contribution is -2.13. The molecule has 0 saturated carbocycles. The number of hydrogen-bond acceptors (Lipinski definition) is 5. The van der Waals surface area contributed by atoms with Crippen LogP contribution < -0.4 is 4.72 Å². The molecule has 0 atom stereocenters. The molecule has 8 heteroatoms. The molecule has 6 aromatic rings. The van der Waals surface area contributed by atoms with Gasteiger partial charge in [-0.1, -0.05) is 54.1 Å². The van der Waals surface area contributed by atoms with Gasteiger partial charge >= 0.3 is 0 Å². The third kappa shape index (κ3) is 5.59. The molecular weight excluding hydrogens is 534 g/mol.